The van der Waals surface area contributed by atoms with Gasteiger partial charge in [-0.25, -0.2) is 0 Å². The maximum absolute atomic E-state index is 2.72. The van der Waals surface area contributed by atoms with Crippen LogP contribution in [0.25, 0.3) is 0 Å². The molecular formula is C15H33BNP2+. The summed E-state index contributed by atoms with van der Waals surface area (Å²) in [5.41, 5.74) is 3.98. The SMILES string of the molecule is C[C@@H]1CC[C@@H](C)P1B(N(C)C)[P+]1(C)[C@H](C)CC[C@H]1C. The molecule has 0 aromatic carbocycles. The summed E-state index contributed by atoms with van der Waals surface area (Å²) >= 11 is 0. The molecule has 0 aromatic rings. The molecule has 0 amide bonds. The number of hydrogen-bond acceptors (Lipinski definition) is 1. The first-order valence-corrected chi connectivity index (χ1v) is 12.1. The van der Waals surface area contributed by atoms with Crippen LogP contribution in [0.15, 0.2) is 0 Å². The number of rotatable bonds is 3. The van der Waals surface area contributed by atoms with Gasteiger partial charge in [0.2, 0.25) is 0 Å². The van der Waals surface area contributed by atoms with Crippen molar-refractivity contribution in [1.29, 1.82) is 0 Å². The molecule has 0 aromatic heterocycles. The molecule has 2 heterocycles. The number of nitrogens with zero attached hydrogens (tertiary/aromatic N) is 1. The molecule has 2 rings (SSSR count). The van der Waals surface area contributed by atoms with Crippen molar-refractivity contribution in [3.05, 3.63) is 0 Å². The third-order valence-corrected chi connectivity index (χ3v) is 17.8. The maximum Gasteiger partial charge on any atom is 0.453 e. The van der Waals surface area contributed by atoms with E-state index in [0.29, 0.717) is 0 Å². The van der Waals surface area contributed by atoms with E-state index in [0.717, 1.165) is 28.9 Å². The quantitative estimate of drug-likeness (QED) is 0.534. The molecule has 0 saturated carbocycles. The summed E-state index contributed by atoms with van der Waals surface area (Å²) in [5, 5.41) is 0. The first kappa shape index (κ1) is 16.3. The Balaban J connectivity index is 2.35. The molecule has 0 spiro atoms. The molecule has 4 heteroatoms. The summed E-state index contributed by atoms with van der Waals surface area (Å²) in [5.74, 6) is 0. The van der Waals surface area contributed by atoms with Gasteiger partial charge in [-0.3, -0.25) is 0 Å². The van der Waals surface area contributed by atoms with Gasteiger partial charge in [0, 0.05) is 6.66 Å². The van der Waals surface area contributed by atoms with Crippen molar-refractivity contribution in [1.82, 2.24) is 4.81 Å². The van der Waals surface area contributed by atoms with Crippen molar-refractivity contribution in [2.75, 3.05) is 20.8 Å². The zero-order valence-corrected chi connectivity index (χ0v) is 15.8. The highest BCUT2D eigenvalue weighted by atomic mass is 31.2. The van der Waals surface area contributed by atoms with E-state index in [1.54, 1.807) is 0 Å². The van der Waals surface area contributed by atoms with Crippen molar-refractivity contribution in [2.45, 2.75) is 76.0 Å². The van der Waals surface area contributed by atoms with Crippen LogP contribution >= 0.6 is 14.9 Å². The smallest absolute Gasteiger partial charge is 0.307 e. The van der Waals surface area contributed by atoms with Crippen LogP contribution in [-0.4, -0.2) is 54.5 Å². The van der Waals surface area contributed by atoms with Crippen molar-refractivity contribution < 1.29 is 0 Å². The van der Waals surface area contributed by atoms with Crippen molar-refractivity contribution in [2.24, 2.45) is 0 Å². The van der Waals surface area contributed by atoms with Crippen molar-refractivity contribution in [3.8, 4) is 0 Å². The molecule has 2 aliphatic heterocycles. The maximum atomic E-state index is 2.72. The van der Waals surface area contributed by atoms with E-state index in [-0.39, 0.29) is 7.80 Å². The Morgan fingerprint density at radius 3 is 1.68 bits per heavy atom. The fourth-order valence-corrected chi connectivity index (χ4v) is 17.1. The molecule has 2 saturated heterocycles. The summed E-state index contributed by atoms with van der Waals surface area (Å²) in [7, 11) is 4.09. The van der Waals surface area contributed by atoms with Crippen LogP contribution in [0.4, 0.5) is 0 Å². The average molecular weight is 300 g/mol. The Hall–Kier alpha value is 0.885. The highest BCUT2D eigenvalue weighted by Gasteiger charge is 2.63. The lowest BCUT2D eigenvalue weighted by Gasteiger charge is -2.41. The molecule has 0 unspecified atom stereocenters. The Morgan fingerprint density at radius 1 is 0.895 bits per heavy atom. The van der Waals surface area contributed by atoms with Crippen molar-refractivity contribution in [3.63, 3.8) is 0 Å². The predicted octanol–water partition coefficient (Wildman–Crippen LogP) is 4.80. The molecule has 2 aliphatic rings. The van der Waals surface area contributed by atoms with Crippen LogP contribution < -0.4 is 0 Å². The van der Waals surface area contributed by atoms with Gasteiger partial charge in [-0.15, -0.1) is 0 Å². The monoisotopic (exact) mass is 300 g/mol. The van der Waals surface area contributed by atoms with Gasteiger partial charge in [-0.2, -0.15) is 0 Å². The van der Waals surface area contributed by atoms with E-state index >= 15 is 0 Å². The van der Waals surface area contributed by atoms with Crippen LogP contribution in [0.1, 0.15) is 53.4 Å². The van der Waals surface area contributed by atoms with Gasteiger partial charge >= 0.3 is 6.29 Å². The minimum absolute atomic E-state index is 0.192. The molecule has 0 N–H and O–H groups in total. The molecule has 19 heavy (non-hydrogen) atoms. The van der Waals surface area contributed by atoms with Gasteiger partial charge in [0.15, 0.2) is 0 Å². The lowest BCUT2D eigenvalue weighted by atomic mass is 10.2. The zero-order chi connectivity index (χ0) is 14.4. The number of hydrogen-bond donors (Lipinski definition) is 0. The highest BCUT2D eigenvalue weighted by molar-refractivity contribution is 8.27. The molecule has 0 bridgehead atoms. The zero-order valence-electron chi connectivity index (χ0n) is 14.1. The normalized spacial score (nSPS) is 39.2. The van der Waals surface area contributed by atoms with E-state index in [4.69, 9.17) is 0 Å². The van der Waals surface area contributed by atoms with E-state index in [9.17, 15) is 0 Å². The van der Waals surface area contributed by atoms with Crippen LogP contribution in [0.2, 0.25) is 0 Å². The van der Waals surface area contributed by atoms with Gasteiger partial charge in [-0.05, 0) is 72.1 Å². The first-order valence-electron chi connectivity index (χ1n) is 8.09. The molecule has 4 atom stereocenters. The summed E-state index contributed by atoms with van der Waals surface area (Å²) < 4.78 is 0. The third kappa shape index (κ3) is 2.67. The van der Waals surface area contributed by atoms with Gasteiger partial charge in [-0.1, -0.05) is 21.6 Å². The van der Waals surface area contributed by atoms with Crippen LogP contribution in [0.5, 0.6) is 0 Å². The van der Waals surface area contributed by atoms with Gasteiger partial charge in [0.25, 0.3) is 0 Å². The second-order valence-electron chi connectivity index (χ2n) is 7.53. The largest absolute Gasteiger partial charge is 0.453 e. The summed E-state index contributed by atoms with van der Waals surface area (Å²) in [6, 6.07) is 0. The summed E-state index contributed by atoms with van der Waals surface area (Å²) in [6.07, 6.45) is 6.88. The van der Waals surface area contributed by atoms with E-state index in [1.165, 1.54) is 25.7 Å². The standard InChI is InChI=1S/C15H33BNP2/c1-12-8-9-13(2)18(12)16(17(5)6)19(7)14(3)10-11-15(19)4/h12-15H,8-11H2,1-7H3/q+1/t12-,13-,14-,15-/m1/s1. The average Bonchev–Trinajstić information content (AvgIpc) is 2.78. The first-order chi connectivity index (χ1) is 8.80. The Labute approximate surface area is 123 Å². The highest BCUT2D eigenvalue weighted by Crippen LogP contribution is 2.80. The molecule has 0 aliphatic carbocycles. The van der Waals surface area contributed by atoms with Crippen LogP contribution in [-0.2, 0) is 0 Å². The second-order valence-corrected chi connectivity index (χ2v) is 15.8. The Bertz CT molecular complexity index is 303. The Kier molecular flexibility index (Phi) is 5.08. The summed E-state index contributed by atoms with van der Waals surface area (Å²) in [6.45, 7) is 12.9. The third-order valence-electron chi connectivity index (χ3n) is 6.15. The fraction of sp³-hybridized carbons (Fsp3) is 1.00. The minimum Gasteiger partial charge on any atom is -0.307 e. The van der Waals surface area contributed by atoms with E-state index < -0.39 is 7.14 Å². The molecule has 110 valence electrons. The van der Waals surface area contributed by atoms with E-state index in [1.807, 2.05) is 0 Å². The lowest BCUT2D eigenvalue weighted by Crippen LogP contribution is -2.40. The lowest BCUT2D eigenvalue weighted by molar-refractivity contribution is 0.665. The molecule has 1 nitrogen and oxygen atoms in total. The molecule has 2 fully saturated rings. The van der Waals surface area contributed by atoms with E-state index in [2.05, 4.69) is 53.3 Å². The molecule has 0 radical (unpaired) electrons. The van der Waals surface area contributed by atoms with Gasteiger partial charge in [0.1, 0.15) is 0 Å². The fourth-order valence-electron chi connectivity index (χ4n) is 4.65. The van der Waals surface area contributed by atoms with Gasteiger partial charge < -0.3 is 4.81 Å². The second kappa shape index (κ2) is 5.94. The Morgan fingerprint density at radius 2 is 1.32 bits per heavy atom. The molecular weight excluding hydrogens is 267 g/mol. The summed E-state index contributed by atoms with van der Waals surface area (Å²) in [4.78, 5) is 2.65. The van der Waals surface area contributed by atoms with Crippen LogP contribution in [0.3, 0.4) is 0 Å². The van der Waals surface area contributed by atoms with Crippen molar-refractivity contribution >= 4 is 21.2 Å². The topological polar surface area (TPSA) is 3.24 Å². The minimum atomic E-state index is -0.838. The van der Waals surface area contributed by atoms with Crippen LogP contribution in [0, 0.1) is 0 Å². The predicted molar refractivity (Wildman–Crippen MR) is 95.5 cm³/mol. The van der Waals surface area contributed by atoms with Gasteiger partial charge in [0.05, 0.1) is 11.3 Å².